The third kappa shape index (κ3) is 6.54. The van der Waals surface area contributed by atoms with Crippen LogP contribution in [0.1, 0.15) is 32.4 Å². The molecule has 1 heterocycles. The van der Waals surface area contributed by atoms with Crippen LogP contribution < -0.4 is 5.32 Å². The predicted molar refractivity (Wildman–Crippen MR) is 73.0 cm³/mol. The van der Waals surface area contributed by atoms with E-state index in [4.69, 9.17) is 0 Å². The first-order valence-electron chi connectivity index (χ1n) is 5.93. The van der Waals surface area contributed by atoms with Crippen molar-refractivity contribution < 1.29 is 4.79 Å². The Morgan fingerprint density at radius 2 is 2.24 bits per heavy atom. The smallest absolute Gasteiger partial charge is 0.138 e. The summed E-state index contributed by atoms with van der Waals surface area (Å²) in [4.78, 5) is 15.9. The Bertz CT molecular complexity index is 349. The molecule has 0 aliphatic heterocycles. The van der Waals surface area contributed by atoms with Crippen LogP contribution in [-0.2, 0) is 11.2 Å². The number of pyridine rings is 1. The quantitative estimate of drug-likeness (QED) is 0.787. The van der Waals surface area contributed by atoms with Crippen LogP contribution in [0, 0.1) is 0 Å². The van der Waals surface area contributed by atoms with Crippen molar-refractivity contribution in [3.63, 3.8) is 0 Å². The zero-order chi connectivity index (χ0) is 12.7. The molecule has 0 aliphatic carbocycles. The van der Waals surface area contributed by atoms with Crippen molar-refractivity contribution in [1.29, 1.82) is 0 Å². The molecule has 0 spiro atoms. The molecule has 0 atom stereocenters. The van der Waals surface area contributed by atoms with Crippen molar-refractivity contribution in [3.05, 3.63) is 28.5 Å². The van der Waals surface area contributed by atoms with Crippen LogP contribution in [0.15, 0.2) is 22.8 Å². The molecule has 94 valence electrons. The van der Waals surface area contributed by atoms with Gasteiger partial charge >= 0.3 is 0 Å². The second kappa shape index (κ2) is 7.56. The molecule has 0 aromatic carbocycles. The highest BCUT2D eigenvalue weighted by Gasteiger charge is 2.04. The van der Waals surface area contributed by atoms with Crippen LogP contribution in [0.2, 0.25) is 0 Å². The highest BCUT2D eigenvalue weighted by atomic mass is 79.9. The number of aromatic nitrogens is 1. The average Bonchev–Trinajstić information content (AvgIpc) is 2.27. The molecule has 0 fully saturated rings. The van der Waals surface area contributed by atoms with Crippen LogP contribution in [0.3, 0.4) is 0 Å². The molecule has 4 heteroatoms. The molecule has 0 amide bonds. The van der Waals surface area contributed by atoms with Gasteiger partial charge in [0.2, 0.25) is 0 Å². The summed E-state index contributed by atoms with van der Waals surface area (Å²) in [5.74, 6) is 0.255. The monoisotopic (exact) mass is 298 g/mol. The second-order valence-electron chi connectivity index (χ2n) is 4.40. The Kier molecular flexibility index (Phi) is 6.37. The molecule has 1 aromatic rings. The largest absolute Gasteiger partial charge is 0.315 e. The van der Waals surface area contributed by atoms with E-state index in [1.807, 2.05) is 12.1 Å². The van der Waals surface area contributed by atoms with Gasteiger partial charge < -0.3 is 5.32 Å². The maximum atomic E-state index is 11.7. The van der Waals surface area contributed by atoms with Crippen molar-refractivity contribution in [2.75, 3.05) is 6.54 Å². The first kappa shape index (κ1) is 14.3. The Morgan fingerprint density at radius 3 is 2.82 bits per heavy atom. The van der Waals surface area contributed by atoms with Crippen molar-refractivity contribution in [3.8, 4) is 0 Å². The zero-order valence-corrected chi connectivity index (χ0v) is 12.0. The lowest BCUT2D eigenvalue weighted by molar-refractivity contribution is -0.118. The molecule has 0 bridgehead atoms. The van der Waals surface area contributed by atoms with Crippen molar-refractivity contribution in [1.82, 2.24) is 10.3 Å². The summed E-state index contributed by atoms with van der Waals surface area (Å²) in [6.07, 6.45) is 3.68. The van der Waals surface area contributed by atoms with E-state index in [0.29, 0.717) is 18.9 Å². The van der Waals surface area contributed by atoms with E-state index in [2.05, 4.69) is 40.1 Å². The lowest BCUT2D eigenvalue weighted by atomic mass is 10.1. The number of nitrogens with one attached hydrogen (secondary N) is 1. The van der Waals surface area contributed by atoms with Gasteiger partial charge in [0, 0.05) is 35.2 Å². The number of Topliss-reactive ketones (excluding diaryl/α,β-unsaturated/α-hetero) is 1. The van der Waals surface area contributed by atoms with Gasteiger partial charge in [0.15, 0.2) is 0 Å². The summed E-state index contributed by atoms with van der Waals surface area (Å²) < 4.78 is 0.940. The van der Waals surface area contributed by atoms with Gasteiger partial charge in [0.25, 0.3) is 0 Å². The first-order chi connectivity index (χ1) is 8.08. The summed E-state index contributed by atoms with van der Waals surface area (Å²) in [6, 6.07) is 4.28. The van der Waals surface area contributed by atoms with Crippen molar-refractivity contribution >= 4 is 21.7 Å². The summed E-state index contributed by atoms with van der Waals surface area (Å²) >= 11 is 3.32. The summed E-state index contributed by atoms with van der Waals surface area (Å²) in [7, 11) is 0. The molecule has 0 unspecified atom stereocenters. The van der Waals surface area contributed by atoms with Crippen LogP contribution in [-0.4, -0.2) is 23.4 Å². The molecule has 1 N–H and O–H groups in total. The Balaban J connectivity index is 2.23. The third-order valence-corrected chi connectivity index (χ3v) is 2.82. The highest BCUT2D eigenvalue weighted by Crippen LogP contribution is 2.08. The molecule has 0 saturated heterocycles. The van der Waals surface area contributed by atoms with Gasteiger partial charge in [-0.1, -0.05) is 13.8 Å². The van der Waals surface area contributed by atoms with Crippen molar-refractivity contribution in [2.24, 2.45) is 0 Å². The van der Waals surface area contributed by atoms with Gasteiger partial charge in [-0.25, -0.2) is 0 Å². The Morgan fingerprint density at radius 1 is 1.47 bits per heavy atom. The number of halogens is 1. The number of ketones is 1. The Hall–Kier alpha value is -0.740. The highest BCUT2D eigenvalue weighted by molar-refractivity contribution is 9.10. The maximum Gasteiger partial charge on any atom is 0.138 e. The lowest BCUT2D eigenvalue weighted by Crippen LogP contribution is -2.24. The first-order valence-corrected chi connectivity index (χ1v) is 6.72. The van der Waals surface area contributed by atoms with Crippen LogP contribution in [0.25, 0.3) is 0 Å². The van der Waals surface area contributed by atoms with Gasteiger partial charge in [-0.05, 0) is 41.0 Å². The maximum absolute atomic E-state index is 11.7. The van der Waals surface area contributed by atoms with Gasteiger partial charge in [0.1, 0.15) is 5.78 Å². The van der Waals surface area contributed by atoms with Gasteiger partial charge in [-0.2, -0.15) is 0 Å². The Labute approximate surface area is 111 Å². The minimum atomic E-state index is 0.255. The normalized spacial score (nSPS) is 10.8. The zero-order valence-electron chi connectivity index (χ0n) is 10.4. The van der Waals surface area contributed by atoms with E-state index in [0.717, 1.165) is 23.1 Å². The topological polar surface area (TPSA) is 42.0 Å². The number of rotatable bonds is 7. The number of carbonyl (C=O) groups excluding carboxylic acids is 1. The molecule has 0 saturated carbocycles. The number of hydrogen-bond acceptors (Lipinski definition) is 3. The van der Waals surface area contributed by atoms with E-state index in [9.17, 15) is 4.79 Å². The van der Waals surface area contributed by atoms with Crippen LogP contribution >= 0.6 is 15.9 Å². The summed E-state index contributed by atoms with van der Waals surface area (Å²) in [5, 5.41) is 3.30. The van der Waals surface area contributed by atoms with Crippen LogP contribution in [0.4, 0.5) is 0 Å². The molecule has 3 nitrogen and oxygen atoms in total. The number of carbonyl (C=O) groups is 1. The summed E-state index contributed by atoms with van der Waals surface area (Å²) in [5.41, 5.74) is 0.843. The fourth-order valence-corrected chi connectivity index (χ4v) is 1.71. The van der Waals surface area contributed by atoms with Gasteiger partial charge in [-0.3, -0.25) is 9.78 Å². The fraction of sp³-hybridized carbons (Fsp3) is 0.538. The molecule has 0 aliphatic rings. The number of hydrogen-bond donors (Lipinski definition) is 1. The predicted octanol–water partition coefficient (Wildman–Crippen LogP) is 2.73. The minimum absolute atomic E-state index is 0.255. The fourth-order valence-electron chi connectivity index (χ4n) is 1.48. The standard InChI is InChI=1S/C13H19BrN2O/c1-10(2)15-7-3-4-13(17)8-12-6-5-11(14)9-16-12/h5-6,9-10,15H,3-4,7-8H2,1-2H3. The number of nitrogens with zero attached hydrogens (tertiary/aromatic N) is 1. The van der Waals surface area contributed by atoms with Gasteiger partial charge in [-0.15, -0.1) is 0 Å². The molecule has 1 aromatic heterocycles. The molecule has 1 rings (SSSR count). The van der Waals surface area contributed by atoms with E-state index >= 15 is 0 Å². The molecule has 0 radical (unpaired) electrons. The summed E-state index contributed by atoms with van der Waals surface area (Å²) in [6.45, 7) is 5.11. The third-order valence-electron chi connectivity index (χ3n) is 2.35. The second-order valence-corrected chi connectivity index (χ2v) is 5.31. The van der Waals surface area contributed by atoms with Crippen LogP contribution in [0.5, 0.6) is 0 Å². The van der Waals surface area contributed by atoms with Crippen molar-refractivity contribution in [2.45, 2.75) is 39.2 Å². The molecular formula is C13H19BrN2O. The SMILES string of the molecule is CC(C)NCCCC(=O)Cc1ccc(Br)cn1. The molecular weight excluding hydrogens is 280 g/mol. The average molecular weight is 299 g/mol. The molecule has 17 heavy (non-hydrogen) atoms. The lowest BCUT2D eigenvalue weighted by Gasteiger charge is -2.07. The van der Waals surface area contributed by atoms with Gasteiger partial charge in [0.05, 0.1) is 0 Å². The van der Waals surface area contributed by atoms with E-state index in [1.54, 1.807) is 6.20 Å². The van der Waals surface area contributed by atoms with E-state index < -0.39 is 0 Å². The van der Waals surface area contributed by atoms with E-state index in [-0.39, 0.29) is 5.78 Å². The van der Waals surface area contributed by atoms with E-state index in [1.165, 1.54) is 0 Å². The minimum Gasteiger partial charge on any atom is -0.315 e.